The number of nitrogens with zero attached hydrogens (tertiary/aromatic N) is 5. The predicted molar refractivity (Wildman–Crippen MR) is 128 cm³/mol. The molecule has 1 aromatic heterocycles. The van der Waals surface area contributed by atoms with Crippen LogP contribution in [0.15, 0.2) is 41.8 Å². The van der Waals surface area contributed by atoms with Gasteiger partial charge in [0.25, 0.3) is 0 Å². The van der Waals surface area contributed by atoms with Gasteiger partial charge in [0.2, 0.25) is 5.91 Å². The molecule has 11 heteroatoms. The van der Waals surface area contributed by atoms with Gasteiger partial charge in [0.15, 0.2) is 0 Å². The van der Waals surface area contributed by atoms with Crippen LogP contribution in [0.5, 0.6) is 0 Å². The Kier molecular flexibility index (Phi) is 6.70. The summed E-state index contributed by atoms with van der Waals surface area (Å²) in [4.78, 5) is 18.0. The highest BCUT2D eigenvalue weighted by Crippen LogP contribution is 2.46. The van der Waals surface area contributed by atoms with Crippen LogP contribution in [-0.4, -0.2) is 56.2 Å². The van der Waals surface area contributed by atoms with Crippen LogP contribution < -0.4 is 4.90 Å². The van der Waals surface area contributed by atoms with Gasteiger partial charge in [-0.2, -0.15) is 23.5 Å². The van der Waals surface area contributed by atoms with E-state index >= 15 is 0 Å². The quantitative estimate of drug-likeness (QED) is 0.402. The maximum Gasteiger partial charge on any atom is 0.406 e. The van der Waals surface area contributed by atoms with Gasteiger partial charge in [-0.3, -0.25) is 14.8 Å². The number of rotatable bonds is 7. The predicted octanol–water partition coefficient (Wildman–Crippen LogP) is 4.80. The van der Waals surface area contributed by atoms with Gasteiger partial charge >= 0.3 is 6.18 Å². The van der Waals surface area contributed by atoms with E-state index in [9.17, 15) is 23.2 Å². The van der Waals surface area contributed by atoms with Crippen molar-refractivity contribution in [2.45, 2.75) is 37.9 Å². The number of anilines is 1. The second-order valence-electron chi connectivity index (χ2n) is 9.87. The largest absolute Gasteiger partial charge is 0.406 e. The van der Waals surface area contributed by atoms with Crippen LogP contribution in [0.3, 0.4) is 0 Å². The molecule has 35 heavy (non-hydrogen) atoms. The molecular weight excluding hydrogens is 475 g/mol. The maximum atomic E-state index is 13.5. The number of hydrogen-bond acceptors (Lipinski definition) is 6. The number of carbonyl (C=O) groups excluding carboxylic acids is 1. The van der Waals surface area contributed by atoms with Crippen LogP contribution in [0.1, 0.15) is 17.2 Å². The number of fused-ring (bicyclic) bond motifs is 3. The van der Waals surface area contributed by atoms with Gasteiger partial charge in [0.1, 0.15) is 19.2 Å². The summed E-state index contributed by atoms with van der Waals surface area (Å²) in [7, 11) is -1.31. The van der Waals surface area contributed by atoms with E-state index in [-0.39, 0.29) is 12.4 Å². The molecule has 0 aliphatic carbocycles. The first-order chi connectivity index (χ1) is 16.5. The summed E-state index contributed by atoms with van der Waals surface area (Å²) in [5.74, 6) is -1.58. The van der Waals surface area contributed by atoms with Crippen molar-refractivity contribution < 1.29 is 22.7 Å². The van der Waals surface area contributed by atoms with E-state index in [1.807, 2.05) is 0 Å². The Bertz CT molecular complexity index is 1170. The lowest BCUT2D eigenvalue weighted by molar-refractivity contribution is -0.135. The van der Waals surface area contributed by atoms with Crippen LogP contribution in [0.2, 0.25) is 25.7 Å². The van der Waals surface area contributed by atoms with Gasteiger partial charge < -0.3 is 9.64 Å². The summed E-state index contributed by atoms with van der Waals surface area (Å²) >= 11 is 0. The number of hydrazone groups is 1. The molecule has 0 radical (unpaired) electrons. The molecule has 0 N–H and O–H groups in total. The molecule has 2 aliphatic rings. The number of benzene rings is 1. The average Bonchev–Trinajstić information content (AvgIpc) is 3.22. The number of aromatic nitrogens is 1. The van der Waals surface area contributed by atoms with Crippen molar-refractivity contribution >= 4 is 25.9 Å². The first-order valence-electron chi connectivity index (χ1n) is 11.2. The number of hydrogen-bond donors (Lipinski definition) is 0. The summed E-state index contributed by atoms with van der Waals surface area (Å²) in [5.41, 5.74) is 1.91. The number of pyridine rings is 1. The van der Waals surface area contributed by atoms with E-state index < -0.39 is 38.7 Å². The van der Waals surface area contributed by atoms with Crippen molar-refractivity contribution in [2.24, 2.45) is 11.0 Å². The number of carbonyl (C=O) groups is 1. The smallest absolute Gasteiger partial charge is 0.360 e. The van der Waals surface area contributed by atoms with E-state index in [4.69, 9.17) is 4.74 Å². The van der Waals surface area contributed by atoms with Crippen molar-refractivity contribution in [3.05, 3.63) is 47.8 Å². The Morgan fingerprint density at radius 3 is 2.54 bits per heavy atom. The highest BCUT2D eigenvalue weighted by Gasteiger charge is 2.48. The number of ether oxygens (including phenoxy) is 1. The van der Waals surface area contributed by atoms with Gasteiger partial charge in [-0.25, -0.2) is 0 Å². The summed E-state index contributed by atoms with van der Waals surface area (Å²) < 4.78 is 46.3. The minimum Gasteiger partial charge on any atom is -0.360 e. The molecule has 2 aromatic rings. The zero-order valence-corrected chi connectivity index (χ0v) is 20.7. The molecule has 7 nitrogen and oxygen atoms in total. The molecule has 184 valence electrons. The fraction of sp³-hybridized carbons (Fsp3) is 0.417. The summed E-state index contributed by atoms with van der Waals surface area (Å²) in [5, 5.41) is 15.7. The minimum atomic E-state index is -4.60. The molecule has 0 saturated heterocycles. The molecule has 4 rings (SSSR count). The van der Waals surface area contributed by atoms with Crippen molar-refractivity contribution in [1.29, 1.82) is 5.26 Å². The Labute approximate surface area is 202 Å². The monoisotopic (exact) mass is 501 g/mol. The van der Waals surface area contributed by atoms with E-state index in [0.717, 1.165) is 10.9 Å². The minimum absolute atomic E-state index is 0.0993. The van der Waals surface area contributed by atoms with Crippen molar-refractivity contribution in [1.82, 2.24) is 9.99 Å². The number of nitriles is 1. The van der Waals surface area contributed by atoms with Crippen molar-refractivity contribution in [3.63, 3.8) is 0 Å². The SMILES string of the molecule is C[Si](C)(C)CCOCN1N=CC2C(=O)N(CC(F)(F)F)c3cc(-c4ccncc4)c(C#N)cc3C21. The fourth-order valence-corrected chi connectivity index (χ4v) is 5.04. The molecule has 2 unspecified atom stereocenters. The van der Waals surface area contributed by atoms with Crippen LogP contribution >= 0.6 is 0 Å². The lowest BCUT2D eigenvalue weighted by atomic mass is 9.84. The Morgan fingerprint density at radius 1 is 1.20 bits per heavy atom. The van der Waals surface area contributed by atoms with Crippen molar-refractivity contribution in [3.8, 4) is 17.2 Å². The van der Waals surface area contributed by atoms with E-state index in [1.165, 1.54) is 24.7 Å². The molecule has 2 aliphatic heterocycles. The van der Waals surface area contributed by atoms with Crippen LogP contribution in [0.25, 0.3) is 11.1 Å². The molecule has 1 amide bonds. The van der Waals surface area contributed by atoms with E-state index in [2.05, 4.69) is 35.8 Å². The molecule has 2 atom stereocenters. The highest BCUT2D eigenvalue weighted by molar-refractivity contribution is 6.76. The van der Waals surface area contributed by atoms with Gasteiger partial charge in [-0.05, 0) is 35.9 Å². The summed E-state index contributed by atoms with van der Waals surface area (Å²) in [6.07, 6.45) is -0.145. The standard InChI is InChI=1S/C24H26F3N5O2Si/c1-35(2,3)9-8-34-15-32-22-19-10-17(12-28)18(16-4-6-29-7-5-16)11-21(19)31(14-24(25,26)27)23(33)20(22)13-30-32/h4-7,10-11,13,20,22H,8-9,14-15H2,1-3H3. The second kappa shape index (κ2) is 9.43. The zero-order valence-electron chi connectivity index (χ0n) is 19.7. The van der Waals surface area contributed by atoms with Gasteiger partial charge in [-0.15, -0.1) is 0 Å². The van der Waals surface area contributed by atoms with Crippen molar-refractivity contribution in [2.75, 3.05) is 24.8 Å². The third-order valence-electron chi connectivity index (χ3n) is 6.03. The molecule has 0 spiro atoms. The average molecular weight is 502 g/mol. The topological polar surface area (TPSA) is 81.8 Å². The zero-order chi connectivity index (χ0) is 25.4. The van der Waals surface area contributed by atoms with E-state index in [0.29, 0.717) is 28.9 Å². The molecule has 0 saturated carbocycles. The lowest BCUT2D eigenvalue weighted by Crippen LogP contribution is -2.49. The highest BCUT2D eigenvalue weighted by atomic mass is 28.3. The van der Waals surface area contributed by atoms with Gasteiger partial charge in [0.05, 0.1) is 23.4 Å². The molecular formula is C24H26F3N5O2Si. The Balaban J connectivity index is 1.75. The molecule has 3 heterocycles. The van der Waals surface area contributed by atoms with Crippen LogP contribution in [-0.2, 0) is 9.53 Å². The number of alkyl halides is 3. The molecule has 0 fully saturated rings. The normalized spacial score (nSPS) is 19.5. The number of amides is 1. The van der Waals surface area contributed by atoms with Crippen LogP contribution in [0, 0.1) is 17.2 Å². The first kappa shape index (κ1) is 24.9. The summed E-state index contributed by atoms with van der Waals surface area (Å²) in [6.45, 7) is 5.90. The molecule has 1 aromatic carbocycles. The first-order valence-corrected chi connectivity index (χ1v) is 14.9. The third kappa shape index (κ3) is 5.38. The molecule has 0 bridgehead atoms. The van der Waals surface area contributed by atoms with Gasteiger partial charge in [-0.1, -0.05) is 19.6 Å². The summed E-state index contributed by atoms with van der Waals surface area (Å²) in [6, 6.07) is 8.85. The van der Waals surface area contributed by atoms with Gasteiger partial charge in [0, 0.05) is 44.4 Å². The third-order valence-corrected chi connectivity index (χ3v) is 7.74. The number of halogens is 3. The second-order valence-corrected chi connectivity index (χ2v) is 15.5. The lowest BCUT2D eigenvalue weighted by Gasteiger charge is -2.39. The Morgan fingerprint density at radius 2 is 1.91 bits per heavy atom. The fourth-order valence-electron chi connectivity index (χ4n) is 4.28. The van der Waals surface area contributed by atoms with Crippen LogP contribution in [0.4, 0.5) is 18.9 Å². The van der Waals surface area contributed by atoms with E-state index in [1.54, 1.807) is 23.2 Å². The Hall–Kier alpha value is -3.23. The maximum absolute atomic E-state index is 13.5.